The molecule has 1 aliphatic carbocycles. The highest BCUT2D eigenvalue weighted by molar-refractivity contribution is 5.93. The van der Waals surface area contributed by atoms with Crippen molar-refractivity contribution >= 4 is 10.8 Å². The highest BCUT2D eigenvalue weighted by Gasteiger charge is 2.22. The molecule has 0 amide bonds. The number of aryl methyl sites for hydroxylation is 2. The molecule has 1 aliphatic rings. The summed E-state index contributed by atoms with van der Waals surface area (Å²) in [5, 5.41) is 6.71. The number of nitrogens with one attached hydrogen (secondary N) is 1. The molecule has 1 N–H and O–H groups in total. The maximum absolute atomic E-state index is 3.70. The number of rotatable bonds is 5. The van der Waals surface area contributed by atoms with Crippen molar-refractivity contribution in [1.82, 2.24) is 5.32 Å². The molecule has 2 aromatic carbocycles. The maximum Gasteiger partial charge on any atom is 0.0351 e. The summed E-state index contributed by atoms with van der Waals surface area (Å²) in [5.41, 5.74) is 4.57. The monoisotopic (exact) mass is 267 g/mol. The first-order chi connectivity index (χ1) is 9.76. The van der Waals surface area contributed by atoms with E-state index in [9.17, 15) is 0 Å². The molecule has 0 saturated carbocycles. The lowest BCUT2D eigenvalue weighted by Crippen LogP contribution is -2.26. The Kier molecular flexibility index (Phi) is 3.80. The van der Waals surface area contributed by atoms with Crippen LogP contribution in [0, 0.1) is 5.92 Å². The molecule has 0 heterocycles. The van der Waals surface area contributed by atoms with Crippen LogP contribution in [0.3, 0.4) is 0 Å². The molecule has 0 radical (unpaired) electrons. The standard InChI is InChI=1S/C19H25N/c1-4-13(3)19(20-5-2)17-12-11-15-10-9-14-7-6-8-16(17)18(14)15/h6-8,11-13,19-20H,4-5,9-10H2,1-3H3. The summed E-state index contributed by atoms with van der Waals surface area (Å²) < 4.78 is 0. The fourth-order valence-corrected chi connectivity index (χ4v) is 3.61. The van der Waals surface area contributed by atoms with Crippen LogP contribution in [0.1, 0.15) is 49.9 Å². The number of hydrogen-bond donors (Lipinski definition) is 1. The molecule has 0 aliphatic heterocycles. The van der Waals surface area contributed by atoms with Crippen LogP contribution in [-0.4, -0.2) is 6.54 Å². The van der Waals surface area contributed by atoms with Crippen LogP contribution in [0.25, 0.3) is 10.8 Å². The molecule has 0 aromatic heterocycles. The van der Waals surface area contributed by atoms with E-state index in [1.54, 1.807) is 11.1 Å². The van der Waals surface area contributed by atoms with E-state index in [1.807, 2.05) is 0 Å². The summed E-state index contributed by atoms with van der Waals surface area (Å²) in [6.07, 6.45) is 3.64. The van der Waals surface area contributed by atoms with Crippen LogP contribution >= 0.6 is 0 Å². The van der Waals surface area contributed by atoms with Gasteiger partial charge in [-0.1, -0.05) is 57.5 Å². The predicted octanol–water partition coefficient (Wildman–Crippen LogP) is 4.64. The lowest BCUT2D eigenvalue weighted by molar-refractivity contribution is 0.386. The van der Waals surface area contributed by atoms with E-state index in [2.05, 4.69) is 56.4 Å². The van der Waals surface area contributed by atoms with Gasteiger partial charge in [0, 0.05) is 6.04 Å². The minimum atomic E-state index is 0.468. The molecule has 20 heavy (non-hydrogen) atoms. The molecule has 2 atom stereocenters. The maximum atomic E-state index is 3.70. The van der Waals surface area contributed by atoms with Crippen molar-refractivity contribution in [2.75, 3.05) is 6.54 Å². The highest BCUT2D eigenvalue weighted by atomic mass is 14.9. The minimum Gasteiger partial charge on any atom is -0.310 e. The average Bonchev–Trinajstić information content (AvgIpc) is 2.90. The van der Waals surface area contributed by atoms with Crippen molar-refractivity contribution in [3.05, 3.63) is 47.0 Å². The zero-order chi connectivity index (χ0) is 14.1. The van der Waals surface area contributed by atoms with E-state index in [-0.39, 0.29) is 0 Å². The van der Waals surface area contributed by atoms with E-state index in [0.717, 1.165) is 6.54 Å². The predicted molar refractivity (Wildman–Crippen MR) is 87.2 cm³/mol. The van der Waals surface area contributed by atoms with Gasteiger partial charge in [-0.25, -0.2) is 0 Å². The Morgan fingerprint density at radius 1 is 1.05 bits per heavy atom. The van der Waals surface area contributed by atoms with Gasteiger partial charge >= 0.3 is 0 Å². The molecule has 2 aromatic rings. The van der Waals surface area contributed by atoms with E-state index in [0.29, 0.717) is 12.0 Å². The van der Waals surface area contributed by atoms with Gasteiger partial charge < -0.3 is 5.32 Å². The summed E-state index contributed by atoms with van der Waals surface area (Å²) >= 11 is 0. The molecule has 0 saturated heterocycles. The number of benzene rings is 2. The summed E-state index contributed by atoms with van der Waals surface area (Å²) in [4.78, 5) is 0. The van der Waals surface area contributed by atoms with Crippen LogP contribution in [-0.2, 0) is 12.8 Å². The fraction of sp³-hybridized carbons (Fsp3) is 0.474. The van der Waals surface area contributed by atoms with Gasteiger partial charge in [0.2, 0.25) is 0 Å². The molecule has 0 spiro atoms. The normalized spacial score (nSPS) is 16.6. The van der Waals surface area contributed by atoms with Gasteiger partial charge in [-0.2, -0.15) is 0 Å². The zero-order valence-corrected chi connectivity index (χ0v) is 12.9. The first kappa shape index (κ1) is 13.6. The molecular formula is C19H25N. The lowest BCUT2D eigenvalue weighted by Gasteiger charge is -2.26. The van der Waals surface area contributed by atoms with Gasteiger partial charge in [0.15, 0.2) is 0 Å². The van der Waals surface area contributed by atoms with Gasteiger partial charge in [0.25, 0.3) is 0 Å². The Bertz CT molecular complexity index is 604. The summed E-state index contributed by atoms with van der Waals surface area (Å²) in [6, 6.07) is 12.0. The lowest BCUT2D eigenvalue weighted by atomic mass is 9.88. The Labute approximate surface area is 122 Å². The third-order valence-electron chi connectivity index (χ3n) is 4.88. The minimum absolute atomic E-state index is 0.468. The summed E-state index contributed by atoms with van der Waals surface area (Å²) in [6.45, 7) is 7.87. The zero-order valence-electron chi connectivity index (χ0n) is 12.9. The Morgan fingerprint density at radius 2 is 1.80 bits per heavy atom. The second-order valence-electron chi connectivity index (χ2n) is 6.07. The second kappa shape index (κ2) is 5.57. The molecular weight excluding hydrogens is 242 g/mol. The fourth-order valence-electron chi connectivity index (χ4n) is 3.61. The molecule has 0 bridgehead atoms. The summed E-state index contributed by atoms with van der Waals surface area (Å²) in [5.74, 6) is 0.661. The van der Waals surface area contributed by atoms with Crippen LogP contribution in [0.2, 0.25) is 0 Å². The Balaban J connectivity index is 2.16. The van der Waals surface area contributed by atoms with Crippen molar-refractivity contribution in [2.45, 2.75) is 46.1 Å². The van der Waals surface area contributed by atoms with E-state index >= 15 is 0 Å². The molecule has 106 valence electrons. The SMILES string of the molecule is CCNC(c1ccc2c3c(cccc13)CC2)C(C)CC. The van der Waals surface area contributed by atoms with Crippen molar-refractivity contribution in [3.63, 3.8) is 0 Å². The highest BCUT2D eigenvalue weighted by Crippen LogP contribution is 2.37. The smallest absolute Gasteiger partial charge is 0.0351 e. The average molecular weight is 267 g/mol. The van der Waals surface area contributed by atoms with Gasteiger partial charge in [0.1, 0.15) is 0 Å². The molecule has 2 unspecified atom stereocenters. The third-order valence-corrected chi connectivity index (χ3v) is 4.88. The topological polar surface area (TPSA) is 12.0 Å². The second-order valence-corrected chi connectivity index (χ2v) is 6.07. The molecule has 0 fully saturated rings. The quantitative estimate of drug-likeness (QED) is 0.832. The Hall–Kier alpha value is -1.34. The molecule has 3 rings (SSSR count). The van der Waals surface area contributed by atoms with Crippen LogP contribution < -0.4 is 5.32 Å². The van der Waals surface area contributed by atoms with Crippen LogP contribution in [0.15, 0.2) is 30.3 Å². The van der Waals surface area contributed by atoms with Crippen molar-refractivity contribution in [1.29, 1.82) is 0 Å². The van der Waals surface area contributed by atoms with Gasteiger partial charge in [-0.15, -0.1) is 0 Å². The van der Waals surface area contributed by atoms with E-state index in [1.165, 1.54) is 35.6 Å². The van der Waals surface area contributed by atoms with Crippen LogP contribution in [0.4, 0.5) is 0 Å². The molecule has 1 nitrogen and oxygen atoms in total. The van der Waals surface area contributed by atoms with Gasteiger partial charge in [0.05, 0.1) is 0 Å². The van der Waals surface area contributed by atoms with Crippen molar-refractivity contribution in [2.24, 2.45) is 5.92 Å². The first-order valence-corrected chi connectivity index (χ1v) is 8.03. The molecule has 1 heteroatoms. The van der Waals surface area contributed by atoms with Crippen LogP contribution in [0.5, 0.6) is 0 Å². The van der Waals surface area contributed by atoms with Gasteiger partial charge in [-0.3, -0.25) is 0 Å². The van der Waals surface area contributed by atoms with Gasteiger partial charge in [-0.05, 0) is 52.8 Å². The largest absolute Gasteiger partial charge is 0.310 e. The van der Waals surface area contributed by atoms with Crippen molar-refractivity contribution < 1.29 is 0 Å². The van der Waals surface area contributed by atoms with E-state index in [4.69, 9.17) is 0 Å². The van der Waals surface area contributed by atoms with E-state index < -0.39 is 0 Å². The Morgan fingerprint density at radius 3 is 2.50 bits per heavy atom. The van der Waals surface area contributed by atoms with Crippen molar-refractivity contribution in [3.8, 4) is 0 Å². The summed E-state index contributed by atoms with van der Waals surface area (Å²) in [7, 11) is 0. The first-order valence-electron chi connectivity index (χ1n) is 8.03. The number of hydrogen-bond acceptors (Lipinski definition) is 1. The third kappa shape index (κ3) is 2.14.